The Hall–Kier alpha value is -4.76. The average molecular weight is 845 g/mol. The molecule has 4 aliphatic rings. The molecule has 2 saturated heterocycles. The van der Waals surface area contributed by atoms with Crippen LogP contribution in [0.5, 0.6) is 0 Å². The molecular formula is C44H63F3N6O7. The quantitative estimate of drug-likeness (QED) is 0.157. The molecule has 2 aromatic heterocycles. The monoisotopic (exact) mass is 844 g/mol. The third kappa shape index (κ3) is 15.4. The predicted molar refractivity (Wildman–Crippen MR) is 220 cm³/mol. The zero-order valence-electron chi connectivity index (χ0n) is 35.9. The van der Waals surface area contributed by atoms with Gasteiger partial charge < -0.3 is 29.4 Å². The van der Waals surface area contributed by atoms with E-state index in [1.807, 2.05) is 37.5 Å². The van der Waals surface area contributed by atoms with Gasteiger partial charge in [0.25, 0.3) is 0 Å². The smallest absolute Gasteiger partial charge is 0.446 e. The van der Waals surface area contributed by atoms with E-state index in [-0.39, 0.29) is 43.0 Å². The number of aliphatic carboxylic acids is 1. The van der Waals surface area contributed by atoms with Gasteiger partial charge in [-0.15, -0.1) is 0 Å². The number of carboxylic acid groups (broad SMARTS) is 1. The lowest BCUT2D eigenvalue weighted by atomic mass is 9.95. The summed E-state index contributed by atoms with van der Waals surface area (Å²) >= 11 is 0. The third-order valence-corrected chi connectivity index (χ3v) is 11.0. The van der Waals surface area contributed by atoms with Gasteiger partial charge in [0, 0.05) is 74.1 Å². The van der Waals surface area contributed by atoms with Crippen LogP contribution in [-0.4, -0.2) is 128 Å². The van der Waals surface area contributed by atoms with E-state index in [1.165, 1.54) is 48.2 Å². The van der Waals surface area contributed by atoms with E-state index < -0.39 is 24.0 Å². The fourth-order valence-electron chi connectivity index (χ4n) is 7.97. The topological polar surface area (TPSA) is 154 Å². The highest BCUT2D eigenvalue weighted by atomic mass is 19.4. The van der Waals surface area contributed by atoms with Crippen LogP contribution >= 0.6 is 0 Å². The Balaban J connectivity index is 0.000000235. The minimum absolute atomic E-state index is 0.00136. The minimum atomic E-state index is -4.64. The standard InChI is InChI=1S/C23H35N3O3.C19H27N3O3.C2HF3O/c1-17(16-21(27)29-23(2,3)4)26-15-14-25(22(26)28)13-7-9-19-12-11-18-8-5-6-10-20(18)24-19;1-14(13-18(23)24)22-12-11-21(19(22)25)10-4-6-16-9-8-15-5-2-3-7-17(15)20-16;3-2(4,5)1-6/h11-12,17H,5-10,13-16H2,1-4H3;8-9,14H,2-7,10-13H2,1H3,(H,23,24);1H/t17-;14-;/m11./s1. The van der Waals surface area contributed by atoms with Crippen LogP contribution < -0.4 is 0 Å². The highest BCUT2D eigenvalue weighted by Crippen LogP contribution is 2.23. The molecule has 6 rings (SSSR count). The summed E-state index contributed by atoms with van der Waals surface area (Å²) in [6, 6.07) is 8.31. The number of amides is 4. The lowest BCUT2D eigenvalue weighted by Crippen LogP contribution is -2.40. The summed E-state index contributed by atoms with van der Waals surface area (Å²) in [4.78, 5) is 73.5. The Morgan fingerprint density at radius 2 is 1.15 bits per heavy atom. The molecule has 2 aliphatic heterocycles. The second-order valence-electron chi connectivity index (χ2n) is 17.1. The molecule has 0 aromatic carbocycles. The molecule has 2 aromatic rings. The third-order valence-electron chi connectivity index (χ3n) is 11.0. The van der Waals surface area contributed by atoms with Gasteiger partial charge in [0.15, 0.2) is 0 Å². The molecule has 1 N–H and O–H groups in total. The summed E-state index contributed by atoms with van der Waals surface area (Å²) in [5, 5.41) is 8.89. The molecule has 4 heterocycles. The number of aromatic nitrogens is 2. The number of hydrogen-bond acceptors (Lipinski definition) is 8. The van der Waals surface area contributed by atoms with E-state index in [9.17, 15) is 32.3 Å². The number of pyridine rings is 2. The Morgan fingerprint density at radius 3 is 1.55 bits per heavy atom. The first-order valence-corrected chi connectivity index (χ1v) is 21.4. The van der Waals surface area contributed by atoms with E-state index in [0.717, 1.165) is 75.8 Å². The van der Waals surface area contributed by atoms with Gasteiger partial charge in [-0.1, -0.05) is 12.1 Å². The molecule has 2 aliphatic carbocycles. The molecule has 0 saturated carbocycles. The number of halogens is 3. The van der Waals surface area contributed by atoms with E-state index in [4.69, 9.17) is 24.6 Å². The van der Waals surface area contributed by atoms with Crippen LogP contribution in [0.3, 0.4) is 0 Å². The Labute approximate surface area is 352 Å². The Kier molecular flexibility index (Phi) is 17.7. The van der Waals surface area contributed by atoms with Crippen molar-refractivity contribution in [2.75, 3.05) is 39.3 Å². The summed E-state index contributed by atoms with van der Waals surface area (Å²) in [7, 11) is 0. The van der Waals surface area contributed by atoms with Gasteiger partial charge in [0.2, 0.25) is 6.29 Å². The highest BCUT2D eigenvalue weighted by molar-refractivity contribution is 5.79. The number of fused-ring (bicyclic) bond motifs is 2. The predicted octanol–water partition coefficient (Wildman–Crippen LogP) is 6.99. The number of carboxylic acids is 1. The van der Waals surface area contributed by atoms with Gasteiger partial charge in [-0.25, -0.2) is 9.59 Å². The molecule has 60 heavy (non-hydrogen) atoms. The van der Waals surface area contributed by atoms with Gasteiger partial charge in [0.05, 0.1) is 12.8 Å². The first-order valence-electron chi connectivity index (χ1n) is 21.4. The van der Waals surface area contributed by atoms with Gasteiger partial charge in [0.1, 0.15) is 5.60 Å². The number of aryl methyl sites for hydroxylation is 6. The Bertz CT molecular complexity index is 1790. The maximum Gasteiger partial charge on any atom is 0.446 e. The number of hydrogen-bond donors (Lipinski definition) is 1. The molecule has 0 radical (unpaired) electrons. The van der Waals surface area contributed by atoms with Crippen LogP contribution in [0.4, 0.5) is 22.8 Å². The van der Waals surface area contributed by atoms with Crippen molar-refractivity contribution in [2.45, 2.75) is 148 Å². The van der Waals surface area contributed by atoms with Crippen molar-refractivity contribution in [2.24, 2.45) is 0 Å². The van der Waals surface area contributed by atoms with Crippen molar-refractivity contribution in [3.63, 3.8) is 0 Å². The first kappa shape index (κ1) is 47.9. The average Bonchev–Trinajstić information content (AvgIpc) is 3.74. The van der Waals surface area contributed by atoms with Crippen molar-refractivity contribution in [1.82, 2.24) is 29.6 Å². The summed E-state index contributed by atoms with van der Waals surface area (Å²) in [6.45, 7) is 13.4. The lowest BCUT2D eigenvalue weighted by molar-refractivity contribution is -0.156. The van der Waals surface area contributed by atoms with Crippen LogP contribution in [0.15, 0.2) is 24.3 Å². The molecule has 0 unspecified atom stereocenters. The molecule has 0 bridgehead atoms. The van der Waals surface area contributed by atoms with Crippen LogP contribution in [-0.2, 0) is 57.6 Å². The number of rotatable bonds is 14. The fourth-order valence-corrected chi connectivity index (χ4v) is 7.97. The van der Waals surface area contributed by atoms with Crippen LogP contribution in [0.2, 0.25) is 0 Å². The van der Waals surface area contributed by atoms with Crippen molar-refractivity contribution in [3.05, 3.63) is 58.2 Å². The summed E-state index contributed by atoms with van der Waals surface area (Å²) < 4.78 is 36.6. The summed E-state index contributed by atoms with van der Waals surface area (Å²) in [5.41, 5.74) is 7.08. The van der Waals surface area contributed by atoms with E-state index in [1.54, 1.807) is 16.7 Å². The summed E-state index contributed by atoms with van der Waals surface area (Å²) in [5.74, 6) is -1.12. The number of carbonyl (C=O) groups is 5. The van der Waals surface area contributed by atoms with Gasteiger partial charge in [-0.05, 0) is 135 Å². The first-order chi connectivity index (χ1) is 28.3. The molecule has 4 amide bonds. The zero-order chi connectivity index (χ0) is 44.0. The maximum absolute atomic E-state index is 12.7. The van der Waals surface area contributed by atoms with Gasteiger partial charge in [-0.3, -0.25) is 24.4 Å². The van der Waals surface area contributed by atoms with Crippen LogP contribution in [0, 0.1) is 0 Å². The fraction of sp³-hybridized carbons (Fsp3) is 0.659. The number of aldehydes is 1. The van der Waals surface area contributed by atoms with E-state index in [0.29, 0.717) is 26.2 Å². The molecule has 332 valence electrons. The Morgan fingerprint density at radius 1 is 0.733 bits per heavy atom. The van der Waals surface area contributed by atoms with Crippen molar-refractivity contribution >= 4 is 30.3 Å². The number of esters is 1. The second kappa shape index (κ2) is 22.2. The SMILES string of the molecule is C[C@H](CC(=O)O)N1CCN(CCCc2ccc3c(n2)CCCC3)C1=O.C[C@H](CC(=O)OC(C)(C)C)N1CCN(CCCc2ccc3c(n2)CCCC3)C1=O.O=CC(F)(F)F. The lowest BCUT2D eigenvalue weighted by Gasteiger charge is -2.26. The largest absolute Gasteiger partial charge is 0.481 e. The van der Waals surface area contributed by atoms with Gasteiger partial charge >= 0.3 is 30.2 Å². The second-order valence-corrected chi connectivity index (χ2v) is 17.1. The number of urea groups is 2. The molecule has 16 heteroatoms. The van der Waals surface area contributed by atoms with Crippen LogP contribution in [0.1, 0.15) is 120 Å². The van der Waals surface area contributed by atoms with Crippen LogP contribution in [0.25, 0.3) is 0 Å². The zero-order valence-corrected chi connectivity index (χ0v) is 35.9. The van der Waals surface area contributed by atoms with Crippen molar-refractivity contribution in [3.8, 4) is 0 Å². The summed E-state index contributed by atoms with van der Waals surface area (Å²) in [6.07, 6.45) is 7.59. The van der Waals surface area contributed by atoms with Crippen molar-refractivity contribution < 1.29 is 47.0 Å². The van der Waals surface area contributed by atoms with Crippen molar-refractivity contribution in [1.29, 1.82) is 0 Å². The number of ether oxygens (including phenoxy) is 1. The molecule has 0 spiro atoms. The normalized spacial score (nSPS) is 17.5. The number of alkyl halides is 3. The minimum Gasteiger partial charge on any atom is -0.481 e. The van der Waals surface area contributed by atoms with E-state index in [2.05, 4.69) is 24.3 Å². The number of carbonyl (C=O) groups excluding carboxylic acids is 4. The molecular weight excluding hydrogens is 782 g/mol. The van der Waals surface area contributed by atoms with E-state index >= 15 is 0 Å². The maximum atomic E-state index is 12.7. The number of nitrogens with zero attached hydrogens (tertiary/aromatic N) is 6. The highest BCUT2D eigenvalue weighted by Gasteiger charge is 2.34. The van der Waals surface area contributed by atoms with Gasteiger partial charge in [-0.2, -0.15) is 13.2 Å². The molecule has 2 atom stereocenters. The molecule has 13 nitrogen and oxygen atoms in total. The molecule has 2 fully saturated rings.